The Labute approximate surface area is 132 Å². The first kappa shape index (κ1) is 15.8. The SMILES string of the molecule is CC(C)CNCCN(C)CCC12CC3CC(CC(C3)C1)C2. The van der Waals surface area contributed by atoms with Crippen molar-refractivity contribution in [2.45, 2.75) is 58.8 Å². The normalized spacial score (nSPS) is 37.9. The molecule has 0 aromatic heterocycles. The van der Waals surface area contributed by atoms with Gasteiger partial charge in [0.15, 0.2) is 0 Å². The molecule has 0 heterocycles. The van der Waals surface area contributed by atoms with Gasteiger partial charge in [-0.25, -0.2) is 0 Å². The Hall–Kier alpha value is -0.0800. The van der Waals surface area contributed by atoms with Crippen LogP contribution in [-0.4, -0.2) is 38.1 Å². The van der Waals surface area contributed by atoms with Gasteiger partial charge >= 0.3 is 0 Å². The number of rotatable bonds is 8. The summed E-state index contributed by atoms with van der Waals surface area (Å²) in [7, 11) is 2.32. The molecular weight excluding hydrogens is 256 g/mol. The monoisotopic (exact) mass is 292 g/mol. The van der Waals surface area contributed by atoms with Gasteiger partial charge in [-0.2, -0.15) is 0 Å². The second-order valence-corrected chi connectivity index (χ2v) is 9.07. The molecule has 0 amide bonds. The van der Waals surface area contributed by atoms with Gasteiger partial charge in [0, 0.05) is 13.1 Å². The Morgan fingerprint density at radius 3 is 2.10 bits per heavy atom. The molecule has 4 saturated carbocycles. The molecule has 0 radical (unpaired) electrons. The molecule has 0 saturated heterocycles. The predicted molar refractivity (Wildman–Crippen MR) is 90.4 cm³/mol. The summed E-state index contributed by atoms with van der Waals surface area (Å²) in [6, 6.07) is 0. The van der Waals surface area contributed by atoms with E-state index < -0.39 is 0 Å². The van der Waals surface area contributed by atoms with Crippen molar-refractivity contribution < 1.29 is 0 Å². The van der Waals surface area contributed by atoms with Gasteiger partial charge in [0.25, 0.3) is 0 Å². The van der Waals surface area contributed by atoms with Gasteiger partial charge < -0.3 is 10.2 Å². The number of hydrogen-bond acceptors (Lipinski definition) is 2. The largest absolute Gasteiger partial charge is 0.315 e. The van der Waals surface area contributed by atoms with E-state index in [0.29, 0.717) is 0 Å². The summed E-state index contributed by atoms with van der Waals surface area (Å²) in [5.41, 5.74) is 0.758. The van der Waals surface area contributed by atoms with E-state index in [2.05, 4.69) is 31.1 Å². The molecule has 1 N–H and O–H groups in total. The van der Waals surface area contributed by atoms with Crippen LogP contribution < -0.4 is 5.32 Å². The molecule has 0 aromatic rings. The fraction of sp³-hybridized carbons (Fsp3) is 1.00. The lowest BCUT2D eigenvalue weighted by atomic mass is 9.49. The van der Waals surface area contributed by atoms with E-state index in [4.69, 9.17) is 0 Å². The van der Waals surface area contributed by atoms with Gasteiger partial charge in [0.2, 0.25) is 0 Å². The van der Waals surface area contributed by atoms with E-state index in [1.54, 1.807) is 38.5 Å². The summed E-state index contributed by atoms with van der Waals surface area (Å²) in [4.78, 5) is 2.56. The van der Waals surface area contributed by atoms with E-state index in [-0.39, 0.29) is 0 Å². The number of nitrogens with zero attached hydrogens (tertiary/aromatic N) is 1. The molecule has 4 aliphatic carbocycles. The first-order valence-electron chi connectivity index (χ1n) is 9.44. The Kier molecular flexibility index (Phi) is 4.95. The minimum absolute atomic E-state index is 0.758. The maximum absolute atomic E-state index is 3.57. The molecule has 0 atom stereocenters. The molecule has 0 spiro atoms. The predicted octanol–water partition coefficient (Wildman–Crippen LogP) is 3.77. The zero-order valence-corrected chi connectivity index (χ0v) is 14.5. The third kappa shape index (κ3) is 4.01. The van der Waals surface area contributed by atoms with Crippen LogP contribution in [-0.2, 0) is 0 Å². The van der Waals surface area contributed by atoms with Crippen LogP contribution in [0, 0.1) is 29.1 Å². The van der Waals surface area contributed by atoms with Crippen LogP contribution in [0.3, 0.4) is 0 Å². The van der Waals surface area contributed by atoms with Gasteiger partial charge in [-0.05, 0) is 94.2 Å². The second kappa shape index (κ2) is 6.58. The van der Waals surface area contributed by atoms with Crippen molar-refractivity contribution in [3.05, 3.63) is 0 Å². The lowest BCUT2D eigenvalue weighted by Gasteiger charge is -2.57. The molecule has 4 bridgehead atoms. The van der Waals surface area contributed by atoms with Gasteiger partial charge in [0.1, 0.15) is 0 Å². The highest BCUT2D eigenvalue weighted by molar-refractivity contribution is 5.01. The van der Waals surface area contributed by atoms with Crippen molar-refractivity contribution in [2.24, 2.45) is 29.1 Å². The van der Waals surface area contributed by atoms with E-state index in [0.717, 1.165) is 42.2 Å². The third-order valence-electron chi connectivity index (χ3n) is 6.41. The minimum Gasteiger partial charge on any atom is -0.315 e. The average Bonchev–Trinajstić information content (AvgIpc) is 2.40. The fourth-order valence-corrected chi connectivity index (χ4v) is 5.80. The van der Waals surface area contributed by atoms with Gasteiger partial charge in [-0.3, -0.25) is 0 Å². The minimum atomic E-state index is 0.758. The number of likely N-dealkylation sites (N-methyl/N-ethyl adjacent to an activating group) is 1. The molecule has 0 unspecified atom stereocenters. The lowest BCUT2D eigenvalue weighted by molar-refractivity contribution is -0.0602. The van der Waals surface area contributed by atoms with E-state index >= 15 is 0 Å². The molecular formula is C19H36N2. The molecule has 4 fully saturated rings. The summed E-state index contributed by atoms with van der Waals surface area (Å²) in [6.07, 6.45) is 10.9. The number of nitrogens with one attached hydrogen (secondary N) is 1. The Bertz CT molecular complexity index is 301. The zero-order chi connectivity index (χ0) is 14.9. The molecule has 2 heteroatoms. The van der Waals surface area contributed by atoms with Crippen LogP contribution in [0.15, 0.2) is 0 Å². The smallest absolute Gasteiger partial charge is 0.0104 e. The van der Waals surface area contributed by atoms with E-state index in [1.807, 2.05) is 0 Å². The van der Waals surface area contributed by atoms with Crippen LogP contribution in [0.25, 0.3) is 0 Å². The summed E-state index contributed by atoms with van der Waals surface area (Å²) >= 11 is 0. The van der Waals surface area contributed by atoms with Crippen molar-refractivity contribution in [2.75, 3.05) is 33.2 Å². The molecule has 2 nitrogen and oxygen atoms in total. The van der Waals surface area contributed by atoms with Crippen molar-refractivity contribution in [1.29, 1.82) is 0 Å². The number of hydrogen-bond donors (Lipinski definition) is 1. The summed E-state index contributed by atoms with van der Waals surface area (Å²) in [6.45, 7) is 9.39. The van der Waals surface area contributed by atoms with Crippen molar-refractivity contribution >= 4 is 0 Å². The van der Waals surface area contributed by atoms with Gasteiger partial charge in [-0.15, -0.1) is 0 Å². The molecule has 4 aliphatic rings. The van der Waals surface area contributed by atoms with Gasteiger partial charge in [0.05, 0.1) is 0 Å². The van der Waals surface area contributed by atoms with E-state index in [1.165, 1.54) is 19.5 Å². The Balaban J connectivity index is 1.38. The lowest BCUT2D eigenvalue weighted by Crippen LogP contribution is -2.47. The van der Waals surface area contributed by atoms with Crippen molar-refractivity contribution in [3.63, 3.8) is 0 Å². The maximum Gasteiger partial charge on any atom is 0.0104 e. The first-order chi connectivity index (χ1) is 10.0. The van der Waals surface area contributed by atoms with Crippen LogP contribution in [0.2, 0.25) is 0 Å². The van der Waals surface area contributed by atoms with Crippen LogP contribution in [0.5, 0.6) is 0 Å². The molecule has 122 valence electrons. The second-order valence-electron chi connectivity index (χ2n) is 9.07. The van der Waals surface area contributed by atoms with Crippen LogP contribution in [0.1, 0.15) is 58.8 Å². The standard InChI is InChI=1S/C19H36N2/c1-15(2)14-20-5-7-21(3)6-4-19-11-16-8-17(12-19)10-18(9-16)13-19/h15-18,20H,4-14H2,1-3H3. The Morgan fingerprint density at radius 2 is 1.57 bits per heavy atom. The maximum atomic E-state index is 3.57. The quantitative estimate of drug-likeness (QED) is 0.685. The third-order valence-corrected chi connectivity index (χ3v) is 6.41. The zero-order valence-electron chi connectivity index (χ0n) is 14.5. The van der Waals surface area contributed by atoms with Crippen molar-refractivity contribution in [3.8, 4) is 0 Å². The molecule has 4 rings (SSSR count). The summed E-state index contributed by atoms with van der Waals surface area (Å²) in [5.74, 6) is 4.08. The van der Waals surface area contributed by atoms with Crippen LogP contribution >= 0.6 is 0 Å². The highest BCUT2D eigenvalue weighted by Gasteiger charge is 2.50. The topological polar surface area (TPSA) is 15.3 Å². The summed E-state index contributed by atoms with van der Waals surface area (Å²) < 4.78 is 0. The van der Waals surface area contributed by atoms with Gasteiger partial charge in [-0.1, -0.05) is 13.8 Å². The highest BCUT2D eigenvalue weighted by Crippen LogP contribution is 2.61. The fourth-order valence-electron chi connectivity index (χ4n) is 5.80. The highest BCUT2D eigenvalue weighted by atomic mass is 15.1. The molecule has 0 aromatic carbocycles. The first-order valence-corrected chi connectivity index (χ1v) is 9.44. The van der Waals surface area contributed by atoms with Crippen molar-refractivity contribution in [1.82, 2.24) is 10.2 Å². The molecule has 0 aliphatic heterocycles. The molecule has 21 heavy (non-hydrogen) atoms. The van der Waals surface area contributed by atoms with Crippen LogP contribution in [0.4, 0.5) is 0 Å². The average molecular weight is 293 g/mol. The summed E-state index contributed by atoms with van der Waals surface area (Å²) in [5, 5.41) is 3.57. The van der Waals surface area contributed by atoms with E-state index in [9.17, 15) is 0 Å². The Morgan fingerprint density at radius 1 is 1.00 bits per heavy atom.